The van der Waals surface area contributed by atoms with E-state index in [9.17, 15) is 14.9 Å². The van der Waals surface area contributed by atoms with Gasteiger partial charge in [-0.3, -0.25) is 20.2 Å². The van der Waals surface area contributed by atoms with Crippen LogP contribution in [0, 0.1) is 10.1 Å². The van der Waals surface area contributed by atoms with Crippen LogP contribution in [0.1, 0.15) is 25.3 Å². The molecule has 0 radical (unpaired) electrons. The van der Waals surface area contributed by atoms with Gasteiger partial charge in [0, 0.05) is 6.07 Å². The number of anilines is 1. The summed E-state index contributed by atoms with van der Waals surface area (Å²) in [7, 11) is 0. The minimum atomic E-state index is -0.529. The van der Waals surface area contributed by atoms with Crippen LogP contribution in [0.25, 0.3) is 0 Å². The van der Waals surface area contributed by atoms with Crippen molar-refractivity contribution in [2.45, 2.75) is 19.8 Å². The molecule has 7 nitrogen and oxygen atoms in total. The Balaban J connectivity index is 1.93. The summed E-state index contributed by atoms with van der Waals surface area (Å²) >= 11 is 5.04. The predicted octanol–water partition coefficient (Wildman–Crippen LogP) is 3.61. The van der Waals surface area contributed by atoms with Gasteiger partial charge in [-0.05, 0) is 35.8 Å². The van der Waals surface area contributed by atoms with Crippen molar-refractivity contribution in [2.75, 3.05) is 11.9 Å². The maximum atomic E-state index is 12.0. The van der Waals surface area contributed by atoms with Crippen molar-refractivity contribution in [3.05, 3.63) is 64.2 Å². The molecule has 0 aliphatic rings. The molecule has 0 atom stereocenters. The summed E-state index contributed by atoms with van der Waals surface area (Å²) in [5.41, 5.74) is 1.07. The number of amides is 1. The van der Waals surface area contributed by atoms with Gasteiger partial charge in [0.1, 0.15) is 11.4 Å². The van der Waals surface area contributed by atoms with E-state index >= 15 is 0 Å². The number of rotatable bonds is 6. The summed E-state index contributed by atoms with van der Waals surface area (Å²) in [5, 5.41) is 16.0. The summed E-state index contributed by atoms with van der Waals surface area (Å²) in [6.45, 7) is 3.85. The number of benzene rings is 2. The lowest BCUT2D eigenvalue weighted by Gasteiger charge is -2.14. The van der Waals surface area contributed by atoms with Gasteiger partial charge in [0.15, 0.2) is 11.7 Å². The summed E-state index contributed by atoms with van der Waals surface area (Å²) in [6, 6.07) is 13.5. The third-order valence-electron chi connectivity index (χ3n) is 3.50. The number of thiocarbonyl (C=S) groups is 1. The number of carbonyl (C=O) groups excluding carboxylic acids is 1. The molecule has 0 spiro atoms. The molecule has 2 rings (SSSR count). The Labute approximate surface area is 156 Å². The van der Waals surface area contributed by atoms with Crippen molar-refractivity contribution in [1.82, 2.24) is 5.32 Å². The van der Waals surface area contributed by atoms with E-state index in [1.807, 2.05) is 32.0 Å². The standard InChI is InChI=1S/C18H19N3O4S/c1-12(2)13-7-3-6-10-16(13)25-11-17(22)20-18(26)19-14-8-4-5-9-15(14)21(23)24/h3-10,12H,11H2,1-2H3,(H2,19,20,22,26). The third kappa shape index (κ3) is 5.25. The first-order valence-corrected chi connectivity index (χ1v) is 8.35. The minimum Gasteiger partial charge on any atom is -0.483 e. The zero-order valence-electron chi connectivity index (χ0n) is 14.4. The number of para-hydroxylation sites is 3. The van der Waals surface area contributed by atoms with Crippen molar-refractivity contribution in [1.29, 1.82) is 0 Å². The summed E-state index contributed by atoms with van der Waals surface area (Å²) in [6.07, 6.45) is 0. The van der Waals surface area contributed by atoms with Gasteiger partial charge in [-0.15, -0.1) is 0 Å². The molecule has 2 aromatic rings. The van der Waals surface area contributed by atoms with Crippen molar-refractivity contribution in [2.24, 2.45) is 0 Å². The Hall–Kier alpha value is -3.00. The molecular formula is C18H19N3O4S. The molecule has 1 amide bonds. The molecule has 0 saturated heterocycles. The fraction of sp³-hybridized carbons (Fsp3) is 0.222. The molecule has 0 bridgehead atoms. The molecule has 0 heterocycles. The number of nitrogens with one attached hydrogen (secondary N) is 2. The Morgan fingerprint density at radius 2 is 1.85 bits per heavy atom. The normalized spacial score (nSPS) is 10.3. The number of ether oxygens (including phenoxy) is 1. The van der Waals surface area contributed by atoms with Gasteiger partial charge in [0.25, 0.3) is 11.6 Å². The maximum absolute atomic E-state index is 12.0. The van der Waals surface area contributed by atoms with Crippen LogP contribution in [0.15, 0.2) is 48.5 Å². The van der Waals surface area contributed by atoms with Crippen LogP contribution in [0.4, 0.5) is 11.4 Å². The van der Waals surface area contributed by atoms with E-state index in [-0.39, 0.29) is 29.0 Å². The highest BCUT2D eigenvalue weighted by Crippen LogP contribution is 2.25. The summed E-state index contributed by atoms with van der Waals surface area (Å²) in [5.74, 6) is 0.436. The smallest absolute Gasteiger partial charge is 0.292 e. The van der Waals surface area contributed by atoms with Crippen LogP contribution in [-0.4, -0.2) is 22.5 Å². The number of hydrogen-bond acceptors (Lipinski definition) is 5. The van der Waals surface area contributed by atoms with E-state index in [1.165, 1.54) is 12.1 Å². The fourth-order valence-electron chi connectivity index (χ4n) is 2.29. The van der Waals surface area contributed by atoms with Gasteiger partial charge in [-0.2, -0.15) is 0 Å². The monoisotopic (exact) mass is 373 g/mol. The average Bonchev–Trinajstić information content (AvgIpc) is 2.60. The van der Waals surface area contributed by atoms with Crippen molar-refractivity contribution in [3.8, 4) is 5.75 Å². The number of hydrogen-bond donors (Lipinski definition) is 2. The van der Waals surface area contributed by atoms with Gasteiger partial charge in [0.2, 0.25) is 0 Å². The zero-order valence-corrected chi connectivity index (χ0v) is 15.2. The van der Waals surface area contributed by atoms with Crippen molar-refractivity contribution in [3.63, 3.8) is 0 Å². The summed E-state index contributed by atoms with van der Waals surface area (Å²) in [4.78, 5) is 22.5. The number of carbonyl (C=O) groups is 1. The van der Waals surface area contributed by atoms with Crippen LogP contribution in [0.5, 0.6) is 5.75 Å². The predicted molar refractivity (Wildman–Crippen MR) is 103 cm³/mol. The molecule has 136 valence electrons. The van der Waals surface area contributed by atoms with E-state index in [1.54, 1.807) is 18.2 Å². The molecule has 26 heavy (non-hydrogen) atoms. The van der Waals surface area contributed by atoms with E-state index in [2.05, 4.69) is 10.6 Å². The van der Waals surface area contributed by atoms with E-state index < -0.39 is 10.8 Å². The average molecular weight is 373 g/mol. The minimum absolute atomic E-state index is 0.0370. The lowest BCUT2D eigenvalue weighted by Crippen LogP contribution is -2.37. The topological polar surface area (TPSA) is 93.5 Å². The Bertz CT molecular complexity index is 824. The molecule has 0 aliphatic heterocycles. The first-order chi connectivity index (χ1) is 12.4. The lowest BCUT2D eigenvalue weighted by molar-refractivity contribution is -0.383. The zero-order chi connectivity index (χ0) is 19.1. The van der Waals surface area contributed by atoms with Gasteiger partial charge in [-0.25, -0.2) is 0 Å². The van der Waals surface area contributed by atoms with Crippen LogP contribution < -0.4 is 15.4 Å². The van der Waals surface area contributed by atoms with Crippen LogP contribution >= 0.6 is 12.2 Å². The highest BCUT2D eigenvalue weighted by Gasteiger charge is 2.15. The molecule has 2 N–H and O–H groups in total. The fourth-order valence-corrected chi connectivity index (χ4v) is 2.51. The molecule has 8 heteroatoms. The molecule has 0 aliphatic carbocycles. The second-order valence-electron chi connectivity index (χ2n) is 5.76. The highest BCUT2D eigenvalue weighted by atomic mass is 32.1. The van der Waals surface area contributed by atoms with Crippen LogP contribution in [0.2, 0.25) is 0 Å². The molecule has 0 saturated carbocycles. The van der Waals surface area contributed by atoms with Gasteiger partial charge in [0.05, 0.1) is 4.92 Å². The highest BCUT2D eigenvalue weighted by molar-refractivity contribution is 7.80. The second-order valence-corrected chi connectivity index (χ2v) is 6.17. The maximum Gasteiger partial charge on any atom is 0.292 e. The Morgan fingerprint density at radius 1 is 1.19 bits per heavy atom. The molecule has 0 fully saturated rings. The van der Waals surface area contributed by atoms with Gasteiger partial charge < -0.3 is 10.1 Å². The van der Waals surface area contributed by atoms with Crippen LogP contribution in [-0.2, 0) is 4.79 Å². The molecule has 0 aromatic heterocycles. The van der Waals surface area contributed by atoms with E-state index in [0.29, 0.717) is 5.75 Å². The van der Waals surface area contributed by atoms with E-state index in [0.717, 1.165) is 5.56 Å². The third-order valence-corrected chi connectivity index (χ3v) is 3.71. The molecular weight excluding hydrogens is 354 g/mol. The first kappa shape index (κ1) is 19.3. The number of nitrogens with zero attached hydrogens (tertiary/aromatic N) is 1. The SMILES string of the molecule is CC(C)c1ccccc1OCC(=O)NC(=S)Nc1ccccc1[N+](=O)[O-]. The largest absolute Gasteiger partial charge is 0.483 e. The van der Waals surface area contributed by atoms with Crippen LogP contribution in [0.3, 0.4) is 0 Å². The Kier molecular flexibility index (Phi) is 6.62. The Morgan fingerprint density at radius 3 is 2.54 bits per heavy atom. The quantitative estimate of drug-likeness (QED) is 0.456. The number of nitro benzene ring substituents is 1. The second kappa shape index (κ2) is 8.91. The first-order valence-electron chi connectivity index (χ1n) is 7.94. The van der Waals surface area contributed by atoms with E-state index in [4.69, 9.17) is 17.0 Å². The van der Waals surface area contributed by atoms with Crippen molar-refractivity contribution >= 4 is 34.6 Å². The van der Waals surface area contributed by atoms with Gasteiger partial charge >= 0.3 is 0 Å². The molecule has 0 unspecified atom stereocenters. The van der Waals surface area contributed by atoms with Gasteiger partial charge in [-0.1, -0.05) is 44.2 Å². The van der Waals surface area contributed by atoms with Crippen molar-refractivity contribution < 1.29 is 14.5 Å². The number of nitro groups is 1. The molecule has 2 aromatic carbocycles. The lowest BCUT2D eigenvalue weighted by atomic mass is 10.0. The summed E-state index contributed by atoms with van der Waals surface area (Å²) < 4.78 is 5.57.